The number of methoxy groups -OCH3 is 1. The number of hydrogen-bond donors (Lipinski definition) is 1. The Hall–Kier alpha value is -1.90. The van der Waals surface area contributed by atoms with Gasteiger partial charge in [-0.25, -0.2) is 16.8 Å². The number of rotatable bonds is 8. The maximum absolute atomic E-state index is 13.2. The molecule has 1 fully saturated rings. The number of nitrogens with one attached hydrogen (secondary N) is 1. The van der Waals surface area contributed by atoms with E-state index in [2.05, 4.69) is 5.32 Å². The van der Waals surface area contributed by atoms with Crippen LogP contribution in [0.5, 0.6) is 5.75 Å². The molecule has 6 nitrogen and oxygen atoms in total. The predicted molar refractivity (Wildman–Crippen MR) is 119 cm³/mol. The van der Waals surface area contributed by atoms with E-state index in [1.165, 1.54) is 0 Å². The Balaban J connectivity index is 1.74. The fraction of sp³-hybridized carbons (Fsp3) is 0.455. The molecule has 30 heavy (non-hydrogen) atoms. The van der Waals surface area contributed by atoms with Gasteiger partial charge in [0.05, 0.1) is 28.8 Å². The molecule has 2 atom stereocenters. The summed E-state index contributed by atoms with van der Waals surface area (Å²) in [5.41, 5.74) is 2.08. The summed E-state index contributed by atoms with van der Waals surface area (Å²) in [6, 6.07) is 13.8. The Bertz CT molecular complexity index is 1080. The maximum atomic E-state index is 13.2. The molecule has 1 saturated heterocycles. The summed E-state index contributed by atoms with van der Waals surface area (Å²) < 4.78 is 56.2. The van der Waals surface area contributed by atoms with Gasteiger partial charge < -0.3 is 10.1 Å². The number of hydrogen-bond acceptors (Lipinski definition) is 6. The summed E-state index contributed by atoms with van der Waals surface area (Å²) in [5, 5.41) is 2.19. The van der Waals surface area contributed by atoms with Crippen molar-refractivity contribution in [2.45, 2.75) is 42.4 Å². The van der Waals surface area contributed by atoms with Gasteiger partial charge >= 0.3 is 0 Å². The van der Waals surface area contributed by atoms with Gasteiger partial charge in [0.15, 0.2) is 19.7 Å². The van der Waals surface area contributed by atoms with Crippen LogP contribution in [0.3, 0.4) is 0 Å². The molecule has 1 aliphatic rings. The Morgan fingerprint density at radius 1 is 1.10 bits per heavy atom. The minimum Gasteiger partial charge on any atom is -0.497 e. The Labute approximate surface area is 179 Å². The molecule has 0 amide bonds. The van der Waals surface area contributed by atoms with E-state index in [0.29, 0.717) is 18.9 Å². The molecule has 0 aliphatic carbocycles. The van der Waals surface area contributed by atoms with Crippen molar-refractivity contribution >= 4 is 19.7 Å². The van der Waals surface area contributed by atoms with E-state index in [1.807, 2.05) is 38.1 Å². The molecule has 0 aromatic heterocycles. The molecule has 2 aromatic carbocycles. The first kappa shape index (κ1) is 22.8. The molecule has 1 heterocycles. The summed E-state index contributed by atoms with van der Waals surface area (Å²) in [7, 11) is -5.59. The van der Waals surface area contributed by atoms with Gasteiger partial charge in [-0.3, -0.25) is 0 Å². The molecule has 1 N–H and O–H groups in total. The van der Waals surface area contributed by atoms with Crippen molar-refractivity contribution in [3.63, 3.8) is 0 Å². The van der Waals surface area contributed by atoms with Crippen LogP contribution in [0.4, 0.5) is 0 Å². The van der Waals surface area contributed by atoms with Crippen LogP contribution in [0.25, 0.3) is 0 Å². The van der Waals surface area contributed by atoms with Crippen LogP contribution < -0.4 is 10.1 Å². The Morgan fingerprint density at radius 2 is 1.80 bits per heavy atom. The van der Waals surface area contributed by atoms with Crippen LogP contribution in [0.2, 0.25) is 0 Å². The molecule has 0 spiro atoms. The number of sulfone groups is 2. The summed E-state index contributed by atoms with van der Waals surface area (Å²) in [4.78, 5) is 0.175. The third kappa shape index (κ3) is 5.22. The third-order valence-electron chi connectivity index (χ3n) is 5.53. The minimum absolute atomic E-state index is 0.168. The van der Waals surface area contributed by atoms with E-state index >= 15 is 0 Å². The first-order chi connectivity index (χ1) is 14.1. The Morgan fingerprint density at radius 3 is 2.43 bits per heavy atom. The third-order valence-corrected chi connectivity index (χ3v) is 9.70. The van der Waals surface area contributed by atoms with E-state index in [0.717, 1.165) is 16.9 Å². The van der Waals surface area contributed by atoms with Gasteiger partial charge in [-0.2, -0.15) is 0 Å². The molecule has 164 valence electrons. The van der Waals surface area contributed by atoms with E-state index < -0.39 is 31.0 Å². The first-order valence-corrected chi connectivity index (χ1v) is 13.4. The second-order valence-electron chi connectivity index (χ2n) is 8.05. The van der Waals surface area contributed by atoms with Crippen molar-refractivity contribution in [3.05, 3.63) is 59.7 Å². The summed E-state index contributed by atoms with van der Waals surface area (Å²) in [6.07, 6.45) is 0.642. The molecule has 0 saturated carbocycles. The summed E-state index contributed by atoms with van der Waals surface area (Å²) in [5.74, 6) is 0.526. The average Bonchev–Trinajstić information content (AvgIpc) is 3.03. The standard InChI is InChI=1S/C22H29NO5S2/c1-16(2)18-7-9-20(10-8-18)30(26,27)22-15-29(24,25)14-21(22)23-12-11-17-5-4-6-19(13-17)28-3/h4-10,13,16,21-23H,11-12,14-15H2,1-3H3/t21-,22-/m0/s1. The van der Waals surface area contributed by atoms with Gasteiger partial charge in [-0.15, -0.1) is 0 Å². The largest absolute Gasteiger partial charge is 0.497 e. The zero-order valence-corrected chi connectivity index (χ0v) is 19.2. The molecule has 2 aromatic rings. The van der Waals surface area contributed by atoms with Crippen molar-refractivity contribution in [2.24, 2.45) is 0 Å². The molecular formula is C22H29NO5S2. The number of ether oxygens (including phenoxy) is 1. The fourth-order valence-electron chi connectivity index (χ4n) is 3.76. The van der Waals surface area contributed by atoms with Crippen LogP contribution in [-0.2, 0) is 26.1 Å². The highest BCUT2D eigenvalue weighted by atomic mass is 32.2. The van der Waals surface area contributed by atoms with Crippen molar-refractivity contribution in [1.82, 2.24) is 5.32 Å². The SMILES string of the molecule is COc1cccc(CCN[C@H]2CS(=O)(=O)C[C@@H]2S(=O)(=O)c2ccc(C(C)C)cc2)c1. The smallest absolute Gasteiger partial charge is 0.183 e. The lowest BCUT2D eigenvalue weighted by molar-refractivity contribution is 0.414. The highest BCUT2D eigenvalue weighted by molar-refractivity contribution is 7.96. The molecule has 1 aliphatic heterocycles. The van der Waals surface area contributed by atoms with E-state index in [4.69, 9.17) is 4.74 Å². The first-order valence-electron chi connectivity index (χ1n) is 10.0. The highest BCUT2D eigenvalue weighted by Crippen LogP contribution is 2.27. The highest BCUT2D eigenvalue weighted by Gasteiger charge is 2.45. The van der Waals surface area contributed by atoms with Crippen LogP contribution in [0, 0.1) is 0 Å². The van der Waals surface area contributed by atoms with Crippen molar-refractivity contribution in [1.29, 1.82) is 0 Å². The van der Waals surface area contributed by atoms with Crippen molar-refractivity contribution in [3.8, 4) is 5.75 Å². The van der Waals surface area contributed by atoms with Gasteiger partial charge in [-0.05, 0) is 54.3 Å². The topological polar surface area (TPSA) is 89.5 Å². The minimum atomic E-state index is -3.77. The lowest BCUT2D eigenvalue weighted by Crippen LogP contribution is -2.44. The molecule has 0 radical (unpaired) electrons. The lowest BCUT2D eigenvalue weighted by Gasteiger charge is -2.20. The normalized spacial score (nSPS) is 21.1. The van der Waals surface area contributed by atoms with Gasteiger partial charge in [0, 0.05) is 6.04 Å². The summed E-state index contributed by atoms with van der Waals surface area (Å²) >= 11 is 0. The van der Waals surface area contributed by atoms with Crippen molar-refractivity contribution in [2.75, 3.05) is 25.2 Å². The predicted octanol–water partition coefficient (Wildman–Crippen LogP) is 2.59. The average molecular weight is 452 g/mol. The second kappa shape index (κ2) is 9.08. The molecule has 0 unspecified atom stereocenters. The van der Waals surface area contributed by atoms with Gasteiger partial charge in [0.1, 0.15) is 5.75 Å². The molecular weight excluding hydrogens is 422 g/mol. The van der Waals surface area contributed by atoms with Crippen LogP contribution in [0.1, 0.15) is 30.9 Å². The van der Waals surface area contributed by atoms with Gasteiger partial charge in [0.2, 0.25) is 0 Å². The van der Waals surface area contributed by atoms with Crippen LogP contribution in [0.15, 0.2) is 53.4 Å². The second-order valence-corrected chi connectivity index (χ2v) is 12.4. The molecule has 3 rings (SSSR count). The van der Waals surface area contributed by atoms with Gasteiger partial charge in [-0.1, -0.05) is 38.1 Å². The molecule has 8 heteroatoms. The summed E-state index contributed by atoms with van der Waals surface area (Å²) in [6.45, 7) is 4.55. The van der Waals surface area contributed by atoms with E-state index in [-0.39, 0.29) is 16.4 Å². The zero-order chi connectivity index (χ0) is 21.9. The quantitative estimate of drug-likeness (QED) is 0.664. The van der Waals surface area contributed by atoms with E-state index in [9.17, 15) is 16.8 Å². The zero-order valence-electron chi connectivity index (χ0n) is 17.5. The van der Waals surface area contributed by atoms with E-state index in [1.54, 1.807) is 31.4 Å². The van der Waals surface area contributed by atoms with Crippen molar-refractivity contribution < 1.29 is 21.6 Å². The lowest BCUT2D eigenvalue weighted by atomic mass is 10.0. The maximum Gasteiger partial charge on any atom is 0.183 e. The van der Waals surface area contributed by atoms with Gasteiger partial charge in [0.25, 0.3) is 0 Å². The van der Waals surface area contributed by atoms with Crippen LogP contribution >= 0.6 is 0 Å². The van der Waals surface area contributed by atoms with Crippen LogP contribution in [-0.4, -0.2) is 53.3 Å². The molecule has 0 bridgehead atoms. The fourth-order valence-corrected chi connectivity index (χ4v) is 8.48. The Kier molecular flexibility index (Phi) is 6.89. The number of benzene rings is 2. The monoisotopic (exact) mass is 451 g/mol.